The zero-order valence-electron chi connectivity index (χ0n) is 15.5. The lowest BCUT2D eigenvalue weighted by Gasteiger charge is -2.15. The predicted molar refractivity (Wildman–Crippen MR) is 111 cm³/mol. The van der Waals surface area contributed by atoms with Crippen molar-refractivity contribution in [3.63, 3.8) is 0 Å². The maximum absolute atomic E-state index is 9.37. The first-order valence-corrected chi connectivity index (χ1v) is 10.9. The molecule has 0 atom stereocenters. The first-order valence-electron chi connectivity index (χ1n) is 9.12. The number of hydrogen-bond donors (Lipinski definition) is 0. The van der Waals surface area contributed by atoms with Crippen LogP contribution in [0.5, 0.6) is 0 Å². The molecular formula is C20H22BrIN4S. The van der Waals surface area contributed by atoms with E-state index in [1.807, 2.05) is 17.8 Å². The number of allylic oxidation sites excluding steroid dienone is 3. The lowest BCUT2D eigenvalue weighted by molar-refractivity contribution is -0.664. The summed E-state index contributed by atoms with van der Waals surface area (Å²) in [5.41, 5.74) is 4.43. The van der Waals surface area contributed by atoms with Crippen LogP contribution in [0, 0.1) is 11.3 Å². The molecule has 0 aliphatic carbocycles. The van der Waals surface area contributed by atoms with Crippen LogP contribution in [0.2, 0.25) is 0 Å². The minimum absolute atomic E-state index is 0. The predicted octanol–water partition coefficient (Wildman–Crippen LogP) is 1.28. The van der Waals surface area contributed by atoms with Crippen LogP contribution < -0.4 is 28.5 Å². The number of imidazole rings is 1. The molecule has 1 aromatic heterocycles. The highest BCUT2D eigenvalue weighted by Crippen LogP contribution is 2.32. The van der Waals surface area contributed by atoms with Crippen molar-refractivity contribution in [2.75, 3.05) is 18.8 Å². The number of thioether (sulfide) groups is 1. The van der Waals surface area contributed by atoms with Crippen LogP contribution in [0.25, 0.3) is 16.6 Å². The minimum Gasteiger partial charge on any atom is -1.00 e. The number of nitriles is 1. The summed E-state index contributed by atoms with van der Waals surface area (Å²) in [6.45, 7) is 8.52. The Hall–Kier alpha value is -0.980. The van der Waals surface area contributed by atoms with Crippen LogP contribution in [0.4, 0.5) is 0 Å². The quantitative estimate of drug-likeness (QED) is 0.422. The van der Waals surface area contributed by atoms with Gasteiger partial charge in [0.1, 0.15) is 6.07 Å². The smallest absolute Gasteiger partial charge is 0.285 e. The molecule has 1 saturated heterocycles. The molecule has 1 fully saturated rings. The van der Waals surface area contributed by atoms with Crippen LogP contribution >= 0.6 is 27.7 Å². The molecule has 27 heavy (non-hydrogen) atoms. The number of rotatable bonds is 3. The van der Waals surface area contributed by atoms with E-state index >= 15 is 0 Å². The molecule has 0 N–H and O–H groups in total. The third kappa shape index (κ3) is 3.56. The second-order valence-corrected chi connectivity index (χ2v) is 8.50. The zero-order valence-corrected chi connectivity index (χ0v) is 20.1. The van der Waals surface area contributed by atoms with E-state index in [1.54, 1.807) is 0 Å². The molecule has 2 aliphatic rings. The van der Waals surface area contributed by atoms with Gasteiger partial charge in [-0.3, -0.25) is 0 Å². The molecule has 0 bridgehead atoms. The van der Waals surface area contributed by atoms with Gasteiger partial charge < -0.3 is 28.9 Å². The normalized spacial score (nSPS) is 19.0. The topological polar surface area (TPSA) is 35.8 Å². The third-order valence-corrected chi connectivity index (χ3v) is 6.95. The van der Waals surface area contributed by atoms with Gasteiger partial charge in [-0.15, -0.1) is 11.8 Å². The number of nitrogens with zero attached hydrogens (tertiary/aromatic N) is 4. The number of benzene rings is 1. The second-order valence-electron chi connectivity index (χ2n) is 6.53. The van der Waals surface area contributed by atoms with E-state index in [0.717, 1.165) is 42.6 Å². The van der Waals surface area contributed by atoms with Gasteiger partial charge in [0.05, 0.1) is 23.7 Å². The Labute approximate surface area is 190 Å². The molecule has 0 amide bonds. The summed E-state index contributed by atoms with van der Waals surface area (Å²) in [7, 11) is 0. The van der Waals surface area contributed by atoms with Crippen molar-refractivity contribution < 1.29 is 28.5 Å². The van der Waals surface area contributed by atoms with Gasteiger partial charge in [0.2, 0.25) is 0 Å². The van der Waals surface area contributed by atoms with E-state index in [-0.39, 0.29) is 24.0 Å². The van der Waals surface area contributed by atoms with E-state index in [1.165, 1.54) is 27.7 Å². The number of hydrogen-bond acceptors (Lipinski definition) is 3. The average molecular weight is 557 g/mol. The molecule has 3 heterocycles. The third-order valence-electron chi connectivity index (χ3n) is 5.22. The Morgan fingerprint density at radius 1 is 1.30 bits per heavy atom. The first kappa shape index (κ1) is 20.7. The molecule has 142 valence electrons. The van der Waals surface area contributed by atoms with Crippen molar-refractivity contribution in [3.8, 4) is 6.07 Å². The summed E-state index contributed by atoms with van der Waals surface area (Å²) in [6, 6.07) is 6.39. The molecule has 2 aliphatic heterocycles. The Kier molecular flexibility index (Phi) is 6.59. The van der Waals surface area contributed by atoms with Crippen LogP contribution in [-0.4, -0.2) is 28.3 Å². The number of aryl methyl sites for hydroxylation is 2. The fourth-order valence-corrected chi connectivity index (χ4v) is 5.45. The lowest BCUT2D eigenvalue weighted by Crippen LogP contribution is -3.00. The van der Waals surface area contributed by atoms with E-state index in [9.17, 15) is 5.26 Å². The van der Waals surface area contributed by atoms with Crippen molar-refractivity contribution in [2.24, 2.45) is 0 Å². The van der Waals surface area contributed by atoms with E-state index in [4.69, 9.17) is 0 Å². The van der Waals surface area contributed by atoms with E-state index < -0.39 is 0 Å². The second kappa shape index (κ2) is 8.58. The molecule has 0 spiro atoms. The van der Waals surface area contributed by atoms with Crippen molar-refractivity contribution in [3.05, 3.63) is 45.2 Å². The van der Waals surface area contributed by atoms with Crippen LogP contribution in [0.15, 0.2) is 33.8 Å². The summed E-state index contributed by atoms with van der Waals surface area (Å²) >= 11 is 5.49. The van der Waals surface area contributed by atoms with Crippen LogP contribution in [0.1, 0.15) is 31.7 Å². The maximum Gasteiger partial charge on any atom is 0.285 e. The molecule has 4 rings (SSSR count). The zero-order chi connectivity index (χ0) is 18.3. The number of aromatic nitrogens is 2. The van der Waals surface area contributed by atoms with Gasteiger partial charge in [-0.2, -0.15) is 5.26 Å². The monoisotopic (exact) mass is 556 g/mol. The van der Waals surface area contributed by atoms with E-state index in [2.05, 4.69) is 68.1 Å². The highest BCUT2D eigenvalue weighted by Gasteiger charge is 2.33. The van der Waals surface area contributed by atoms with Crippen molar-refractivity contribution >= 4 is 44.3 Å². The summed E-state index contributed by atoms with van der Waals surface area (Å²) in [5, 5.41) is 10.8. The van der Waals surface area contributed by atoms with Crippen LogP contribution in [-0.2, 0) is 13.1 Å². The van der Waals surface area contributed by atoms with Gasteiger partial charge >= 0.3 is 0 Å². The fraction of sp³-hybridized carbons (Fsp3) is 0.400. The van der Waals surface area contributed by atoms with E-state index in [0.29, 0.717) is 5.56 Å². The summed E-state index contributed by atoms with van der Waals surface area (Å²) in [5.74, 6) is 2.47. The Bertz CT molecular complexity index is 986. The van der Waals surface area contributed by atoms with Crippen molar-refractivity contribution in [1.29, 1.82) is 5.26 Å². The average Bonchev–Trinajstić information content (AvgIpc) is 3.33. The highest BCUT2D eigenvalue weighted by atomic mass is 127. The van der Waals surface area contributed by atoms with Crippen molar-refractivity contribution in [2.45, 2.75) is 33.4 Å². The number of halogens is 2. The molecule has 4 nitrogen and oxygen atoms in total. The summed E-state index contributed by atoms with van der Waals surface area (Å²) in [4.78, 5) is 2.44. The van der Waals surface area contributed by atoms with Gasteiger partial charge in [0.15, 0.2) is 11.0 Å². The SMILES string of the molecule is CCN1CCSC1=CC=C1CC[n+]2c1n(CC)c1cc(Br)c(C#N)cc12.[I-]. The molecule has 0 unspecified atom stereocenters. The maximum atomic E-state index is 9.37. The van der Waals surface area contributed by atoms with Gasteiger partial charge in [-0.05, 0) is 41.9 Å². The molecule has 1 aromatic carbocycles. The summed E-state index contributed by atoms with van der Waals surface area (Å²) in [6.07, 6.45) is 5.64. The highest BCUT2D eigenvalue weighted by molar-refractivity contribution is 9.10. The molecule has 0 radical (unpaired) electrons. The molecular weight excluding hydrogens is 535 g/mol. The largest absolute Gasteiger partial charge is 1.00 e. The Morgan fingerprint density at radius 3 is 2.81 bits per heavy atom. The Balaban J connectivity index is 0.00000210. The summed E-state index contributed by atoms with van der Waals surface area (Å²) < 4.78 is 5.61. The minimum atomic E-state index is 0. The van der Waals surface area contributed by atoms with Gasteiger partial charge in [0.25, 0.3) is 5.82 Å². The standard InChI is InChI=1S/C20H22BrN4S.HI/c1-3-23-9-10-26-19(23)6-5-14-7-8-25-17-11-15(13-22)16(21)12-18(17)24(4-2)20(14)25;/h5-6,11-12H,3-4,7-10H2,1-2H3;1H/q+1;/p-1. The fourth-order valence-electron chi connectivity index (χ4n) is 3.94. The van der Waals surface area contributed by atoms with Crippen molar-refractivity contribution in [1.82, 2.24) is 9.47 Å². The van der Waals surface area contributed by atoms with Gasteiger partial charge in [0, 0.05) is 47.4 Å². The lowest BCUT2D eigenvalue weighted by atomic mass is 10.2. The molecule has 2 aromatic rings. The number of fused-ring (bicyclic) bond motifs is 3. The Morgan fingerprint density at radius 2 is 2.11 bits per heavy atom. The molecule has 0 saturated carbocycles. The van der Waals surface area contributed by atoms with Gasteiger partial charge in [-0.25, -0.2) is 9.13 Å². The first-order chi connectivity index (χ1) is 12.7. The molecule has 7 heteroatoms. The van der Waals surface area contributed by atoms with Crippen LogP contribution in [0.3, 0.4) is 0 Å². The van der Waals surface area contributed by atoms with Gasteiger partial charge in [-0.1, -0.05) is 0 Å².